The van der Waals surface area contributed by atoms with Gasteiger partial charge in [0, 0.05) is 25.4 Å². The molecule has 17 heavy (non-hydrogen) atoms. The Morgan fingerprint density at radius 1 is 1.53 bits per heavy atom. The van der Waals surface area contributed by atoms with Crippen LogP contribution in [0.2, 0.25) is 0 Å². The molecule has 0 aliphatic rings. The number of hydrogen-bond acceptors (Lipinski definition) is 3. The van der Waals surface area contributed by atoms with Crippen LogP contribution in [0.25, 0.3) is 0 Å². The van der Waals surface area contributed by atoms with E-state index in [2.05, 4.69) is 21.0 Å². The smallest absolute Gasteiger partial charge is 0.143 e. The van der Waals surface area contributed by atoms with E-state index in [-0.39, 0.29) is 17.7 Å². The van der Waals surface area contributed by atoms with E-state index in [9.17, 15) is 4.79 Å². The van der Waals surface area contributed by atoms with Gasteiger partial charge in [-0.1, -0.05) is 13.8 Å². The van der Waals surface area contributed by atoms with Crippen LogP contribution in [0.15, 0.2) is 4.47 Å². The van der Waals surface area contributed by atoms with Crippen LogP contribution >= 0.6 is 15.9 Å². The van der Waals surface area contributed by atoms with Gasteiger partial charge in [-0.05, 0) is 29.3 Å². The summed E-state index contributed by atoms with van der Waals surface area (Å²) in [5, 5.41) is 4.37. The second-order valence-electron chi connectivity index (χ2n) is 4.48. The molecule has 1 aromatic heterocycles. The monoisotopic (exact) mass is 301 g/mol. The number of rotatable bonds is 5. The summed E-state index contributed by atoms with van der Waals surface area (Å²) in [5.74, 6) is 0.0354. The molecule has 0 bridgehead atoms. The Morgan fingerprint density at radius 2 is 2.12 bits per heavy atom. The van der Waals surface area contributed by atoms with Crippen LogP contribution in [0.5, 0.6) is 0 Å². The average molecular weight is 302 g/mol. The van der Waals surface area contributed by atoms with E-state index in [0.717, 1.165) is 22.3 Å². The Bertz CT molecular complexity index is 412. The fourth-order valence-corrected chi connectivity index (χ4v) is 2.39. The standard InChI is InChI=1S/C12H20BrN3O/c1-5-9-12(13)10(16(4)15-9)6-11(17)7(2)8(3)14/h7-8H,5-6,14H2,1-4H3. The summed E-state index contributed by atoms with van der Waals surface area (Å²) >= 11 is 3.51. The molecule has 96 valence electrons. The van der Waals surface area contributed by atoms with Crippen LogP contribution < -0.4 is 5.73 Å². The van der Waals surface area contributed by atoms with Crippen molar-refractivity contribution in [3.8, 4) is 0 Å². The lowest BCUT2D eigenvalue weighted by Crippen LogP contribution is -2.31. The molecule has 2 N–H and O–H groups in total. The summed E-state index contributed by atoms with van der Waals surface area (Å²) in [4.78, 5) is 12.0. The van der Waals surface area contributed by atoms with Crippen molar-refractivity contribution in [1.29, 1.82) is 0 Å². The molecule has 2 atom stereocenters. The van der Waals surface area contributed by atoms with Crippen molar-refractivity contribution in [2.24, 2.45) is 18.7 Å². The summed E-state index contributed by atoms with van der Waals surface area (Å²) in [6.45, 7) is 5.78. The summed E-state index contributed by atoms with van der Waals surface area (Å²) in [6.07, 6.45) is 1.23. The maximum Gasteiger partial charge on any atom is 0.143 e. The van der Waals surface area contributed by atoms with Gasteiger partial charge >= 0.3 is 0 Å². The first-order chi connectivity index (χ1) is 7.88. The molecule has 1 heterocycles. The summed E-state index contributed by atoms with van der Waals surface area (Å²) in [7, 11) is 1.86. The molecule has 0 saturated carbocycles. The van der Waals surface area contributed by atoms with Gasteiger partial charge in [0.2, 0.25) is 0 Å². The summed E-state index contributed by atoms with van der Waals surface area (Å²) in [6, 6.07) is -0.111. The third-order valence-corrected chi connectivity index (χ3v) is 4.06. The molecule has 5 heteroatoms. The number of halogens is 1. The van der Waals surface area contributed by atoms with Crippen LogP contribution in [0.1, 0.15) is 32.2 Å². The number of hydrogen-bond donors (Lipinski definition) is 1. The SMILES string of the molecule is CCc1nn(C)c(CC(=O)C(C)C(C)N)c1Br. The molecule has 0 aliphatic heterocycles. The highest BCUT2D eigenvalue weighted by atomic mass is 79.9. The van der Waals surface area contributed by atoms with Crippen LogP contribution in [-0.4, -0.2) is 21.6 Å². The molecule has 1 aromatic rings. The van der Waals surface area contributed by atoms with E-state index >= 15 is 0 Å². The van der Waals surface area contributed by atoms with Gasteiger partial charge in [0.15, 0.2) is 0 Å². The highest BCUT2D eigenvalue weighted by Crippen LogP contribution is 2.23. The van der Waals surface area contributed by atoms with Crippen LogP contribution in [-0.2, 0) is 24.7 Å². The zero-order valence-corrected chi connectivity index (χ0v) is 12.4. The zero-order chi connectivity index (χ0) is 13.2. The number of nitrogens with two attached hydrogens (primary N) is 1. The Morgan fingerprint density at radius 3 is 2.53 bits per heavy atom. The molecule has 0 amide bonds. The zero-order valence-electron chi connectivity index (χ0n) is 10.8. The van der Waals surface area contributed by atoms with E-state index < -0.39 is 0 Å². The lowest BCUT2D eigenvalue weighted by Gasteiger charge is -2.14. The maximum atomic E-state index is 12.0. The average Bonchev–Trinajstić information content (AvgIpc) is 2.55. The topological polar surface area (TPSA) is 60.9 Å². The highest BCUT2D eigenvalue weighted by molar-refractivity contribution is 9.10. The molecule has 0 fully saturated rings. The molecule has 0 radical (unpaired) electrons. The van der Waals surface area contributed by atoms with E-state index in [4.69, 9.17) is 5.73 Å². The molecular formula is C12H20BrN3O. The Kier molecular flexibility index (Phi) is 4.89. The highest BCUT2D eigenvalue weighted by Gasteiger charge is 2.21. The first-order valence-corrected chi connectivity index (χ1v) is 6.66. The number of Topliss-reactive ketones (excluding diaryl/α,β-unsaturated/α-hetero) is 1. The van der Waals surface area contributed by atoms with Crippen molar-refractivity contribution in [2.45, 2.75) is 39.7 Å². The maximum absolute atomic E-state index is 12.0. The van der Waals surface area contributed by atoms with Gasteiger partial charge in [0.1, 0.15) is 5.78 Å². The Balaban J connectivity index is 2.89. The van der Waals surface area contributed by atoms with Crippen molar-refractivity contribution < 1.29 is 4.79 Å². The van der Waals surface area contributed by atoms with E-state index in [0.29, 0.717) is 6.42 Å². The molecule has 0 aliphatic carbocycles. The third kappa shape index (κ3) is 3.16. The molecule has 0 aromatic carbocycles. The van der Waals surface area contributed by atoms with Gasteiger partial charge in [-0.3, -0.25) is 9.48 Å². The summed E-state index contributed by atoms with van der Waals surface area (Å²) < 4.78 is 2.72. The lowest BCUT2D eigenvalue weighted by molar-refractivity contribution is -0.122. The lowest BCUT2D eigenvalue weighted by atomic mass is 9.96. The molecule has 4 nitrogen and oxygen atoms in total. The van der Waals surface area contributed by atoms with Crippen molar-refractivity contribution >= 4 is 21.7 Å². The largest absolute Gasteiger partial charge is 0.327 e. The second-order valence-corrected chi connectivity index (χ2v) is 5.27. The molecule has 1 rings (SSSR count). The van der Waals surface area contributed by atoms with E-state index in [1.54, 1.807) is 4.68 Å². The quantitative estimate of drug-likeness (QED) is 0.903. The number of carbonyl (C=O) groups excluding carboxylic acids is 1. The second kappa shape index (κ2) is 5.78. The van der Waals surface area contributed by atoms with Gasteiger partial charge in [-0.15, -0.1) is 0 Å². The van der Waals surface area contributed by atoms with Crippen LogP contribution in [0.4, 0.5) is 0 Å². The fourth-order valence-electron chi connectivity index (χ4n) is 1.63. The predicted octanol–water partition coefficient (Wildman–Crippen LogP) is 1.84. The Hall–Kier alpha value is -0.680. The Labute approximate surface area is 111 Å². The van der Waals surface area contributed by atoms with E-state index in [1.807, 2.05) is 27.8 Å². The minimum absolute atomic E-state index is 0.111. The van der Waals surface area contributed by atoms with Crippen molar-refractivity contribution in [3.05, 3.63) is 15.9 Å². The third-order valence-electron chi connectivity index (χ3n) is 3.14. The van der Waals surface area contributed by atoms with Crippen molar-refractivity contribution in [1.82, 2.24) is 9.78 Å². The van der Waals surface area contributed by atoms with Gasteiger partial charge in [0.05, 0.1) is 15.9 Å². The number of nitrogens with zero attached hydrogens (tertiary/aromatic N) is 2. The van der Waals surface area contributed by atoms with Crippen LogP contribution in [0, 0.1) is 5.92 Å². The van der Waals surface area contributed by atoms with Gasteiger partial charge in [-0.2, -0.15) is 5.10 Å². The van der Waals surface area contributed by atoms with Gasteiger partial charge < -0.3 is 5.73 Å². The van der Waals surface area contributed by atoms with Crippen molar-refractivity contribution in [2.75, 3.05) is 0 Å². The first kappa shape index (κ1) is 14.4. The van der Waals surface area contributed by atoms with Crippen LogP contribution in [0.3, 0.4) is 0 Å². The first-order valence-electron chi connectivity index (χ1n) is 5.87. The number of carbonyl (C=O) groups is 1. The summed E-state index contributed by atoms with van der Waals surface area (Å²) in [5.41, 5.74) is 7.66. The van der Waals surface area contributed by atoms with Crippen molar-refractivity contribution in [3.63, 3.8) is 0 Å². The predicted molar refractivity (Wildman–Crippen MR) is 71.8 cm³/mol. The van der Waals surface area contributed by atoms with E-state index in [1.165, 1.54) is 0 Å². The number of aromatic nitrogens is 2. The molecular weight excluding hydrogens is 282 g/mol. The number of aryl methyl sites for hydroxylation is 2. The minimum Gasteiger partial charge on any atom is -0.327 e. The van der Waals surface area contributed by atoms with Gasteiger partial charge in [0.25, 0.3) is 0 Å². The molecule has 2 unspecified atom stereocenters. The normalized spacial score (nSPS) is 14.7. The molecule has 0 spiro atoms. The fraction of sp³-hybridized carbons (Fsp3) is 0.667. The van der Waals surface area contributed by atoms with Gasteiger partial charge in [-0.25, -0.2) is 0 Å². The number of ketones is 1. The minimum atomic E-state index is -0.123. The molecule has 0 saturated heterocycles.